The molecule has 0 unspecified atom stereocenters. The lowest BCUT2D eigenvalue weighted by atomic mass is 10.2. The molecule has 0 saturated heterocycles. The molecule has 0 heterocycles. The molecule has 0 bridgehead atoms. The molecule has 1 rings (SSSR count). The zero-order valence-corrected chi connectivity index (χ0v) is 7.09. The molecule has 0 aromatic heterocycles. The Morgan fingerprint density at radius 2 is 2.20 bits per heavy atom. The standard InChI is InChI=1S/C7H3FIN/c8-7-3-6(9)2-1-5(7)4-10/h1-3H. The average Bonchev–Trinajstić information content (AvgIpc) is 1.88. The van der Waals surface area contributed by atoms with Crippen molar-refractivity contribution in [1.29, 1.82) is 5.26 Å². The number of rotatable bonds is 0. The summed E-state index contributed by atoms with van der Waals surface area (Å²) < 4.78 is 13.4. The predicted octanol–water partition coefficient (Wildman–Crippen LogP) is 2.30. The van der Waals surface area contributed by atoms with Crippen molar-refractivity contribution < 1.29 is 4.39 Å². The Hall–Kier alpha value is -0.630. The Morgan fingerprint density at radius 3 is 2.70 bits per heavy atom. The van der Waals surface area contributed by atoms with Crippen molar-refractivity contribution in [3.05, 3.63) is 33.1 Å². The monoisotopic (exact) mass is 247 g/mol. The number of hydrogen-bond donors (Lipinski definition) is 0. The smallest absolute Gasteiger partial charge is 0.142 e. The summed E-state index contributed by atoms with van der Waals surface area (Å²) in [4.78, 5) is 0. The van der Waals surface area contributed by atoms with Crippen LogP contribution in [0.1, 0.15) is 5.56 Å². The molecule has 1 aromatic carbocycles. The molecule has 3 heteroatoms. The van der Waals surface area contributed by atoms with Crippen LogP contribution in [0.4, 0.5) is 4.39 Å². The Bertz CT molecular complexity index is 290. The molecular weight excluding hydrogens is 244 g/mol. The van der Waals surface area contributed by atoms with Gasteiger partial charge in [-0.2, -0.15) is 5.26 Å². The topological polar surface area (TPSA) is 23.8 Å². The highest BCUT2D eigenvalue weighted by atomic mass is 127. The van der Waals surface area contributed by atoms with E-state index in [1.807, 2.05) is 22.6 Å². The molecule has 0 spiro atoms. The zero-order valence-electron chi connectivity index (χ0n) is 4.94. The zero-order chi connectivity index (χ0) is 7.56. The number of benzene rings is 1. The lowest BCUT2D eigenvalue weighted by Gasteiger charge is -1.91. The molecular formula is C7H3FIN. The normalized spacial score (nSPS) is 8.90. The first kappa shape index (κ1) is 7.48. The van der Waals surface area contributed by atoms with E-state index in [1.54, 1.807) is 12.1 Å². The van der Waals surface area contributed by atoms with Crippen molar-refractivity contribution in [2.45, 2.75) is 0 Å². The Balaban J connectivity index is 3.23. The van der Waals surface area contributed by atoms with E-state index in [1.165, 1.54) is 12.1 Å². The van der Waals surface area contributed by atoms with Crippen LogP contribution in [0.5, 0.6) is 0 Å². The summed E-state index contributed by atoms with van der Waals surface area (Å²) in [5.74, 6) is -0.450. The summed E-state index contributed by atoms with van der Waals surface area (Å²) in [7, 11) is 0. The van der Waals surface area contributed by atoms with Gasteiger partial charge in [0.1, 0.15) is 11.9 Å². The van der Waals surface area contributed by atoms with Crippen LogP contribution in [0.2, 0.25) is 0 Å². The maximum atomic E-state index is 12.6. The van der Waals surface area contributed by atoms with Gasteiger partial charge in [-0.15, -0.1) is 0 Å². The summed E-state index contributed by atoms with van der Waals surface area (Å²) >= 11 is 1.99. The molecule has 0 aliphatic rings. The molecule has 0 amide bonds. The van der Waals surface area contributed by atoms with Gasteiger partial charge < -0.3 is 0 Å². The lowest BCUT2D eigenvalue weighted by Crippen LogP contribution is -1.82. The van der Waals surface area contributed by atoms with Crippen molar-refractivity contribution in [1.82, 2.24) is 0 Å². The SMILES string of the molecule is N#Cc1ccc(I)cc1F. The quantitative estimate of drug-likeness (QED) is 0.645. The second-order valence-electron chi connectivity index (χ2n) is 1.74. The predicted molar refractivity (Wildman–Crippen MR) is 43.8 cm³/mol. The molecule has 50 valence electrons. The fourth-order valence-corrected chi connectivity index (χ4v) is 1.03. The third kappa shape index (κ3) is 1.45. The van der Waals surface area contributed by atoms with Gasteiger partial charge in [-0.1, -0.05) is 0 Å². The summed E-state index contributed by atoms with van der Waals surface area (Å²) in [6.45, 7) is 0. The van der Waals surface area contributed by atoms with Gasteiger partial charge in [0.25, 0.3) is 0 Å². The first-order chi connectivity index (χ1) is 4.74. The van der Waals surface area contributed by atoms with Crippen LogP contribution >= 0.6 is 22.6 Å². The minimum absolute atomic E-state index is 0.0976. The molecule has 0 saturated carbocycles. The lowest BCUT2D eigenvalue weighted by molar-refractivity contribution is 0.623. The first-order valence-electron chi connectivity index (χ1n) is 2.59. The van der Waals surface area contributed by atoms with E-state index >= 15 is 0 Å². The average molecular weight is 247 g/mol. The van der Waals surface area contributed by atoms with Gasteiger partial charge in [0, 0.05) is 3.57 Å². The van der Waals surface area contributed by atoms with E-state index in [0.29, 0.717) is 0 Å². The van der Waals surface area contributed by atoms with Crippen LogP contribution in [0, 0.1) is 20.7 Å². The largest absolute Gasteiger partial charge is 0.206 e. The van der Waals surface area contributed by atoms with Crippen LogP contribution in [0.3, 0.4) is 0 Å². The van der Waals surface area contributed by atoms with E-state index in [0.717, 1.165) is 3.57 Å². The van der Waals surface area contributed by atoms with Crippen LogP contribution < -0.4 is 0 Å². The minimum Gasteiger partial charge on any atom is -0.206 e. The molecule has 0 N–H and O–H groups in total. The van der Waals surface area contributed by atoms with Crippen LogP contribution in [0.25, 0.3) is 0 Å². The second kappa shape index (κ2) is 2.97. The number of hydrogen-bond acceptors (Lipinski definition) is 1. The van der Waals surface area contributed by atoms with Crippen LogP contribution in [-0.2, 0) is 0 Å². The van der Waals surface area contributed by atoms with Gasteiger partial charge in [-0.25, -0.2) is 4.39 Å². The maximum Gasteiger partial charge on any atom is 0.142 e. The van der Waals surface area contributed by atoms with E-state index in [4.69, 9.17) is 5.26 Å². The van der Waals surface area contributed by atoms with Gasteiger partial charge in [0.05, 0.1) is 5.56 Å². The van der Waals surface area contributed by atoms with Crippen molar-refractivity contribution in [3.8, 4) is 6.07 Å². The Morgan fingerprint density at radius 1 is 1.50 bits per heavy atom. The summed E-state index contributed by atoms with van der Waals surface area (Å²) in [5, 5.41) is 8.32. The van der Waals surface area contributed by atoms with Gasteiger partial charge in [0.2, 0.25) is 0 Å². The van der Waals surface area contributed by atoms with Crippen molar-refractivity contribution in [3.63, 3.8) is 0 Å². The highest BCUT2D eigenvalue weighted by molar-refractivity contribution is 14.1. The Kier molecular flexibility index (Phi) is 2.22. The van der Waals surface area contributed by atoms with Gasteiger partial charge >= 0.3 is 0 Å². The molecule has 1 nitrogen and oxygen atoms in total. The number of halogens is 2. The van der Waals surface area contributed by atoms with Gasteiger partial charge in [0.15, 0.2) is 0 Å². The van der Waals surface area contributed by atoms with Crippen LogP contribution in [-0.4, -0.2) is 0 Å². The highest BCUT2D eigenvalue weighted by Crippen LogP contribution is 2.10. The summed E-state index contributed by atoms with van der Waals surface area (Å²) in [5.41, 5.74) is 0.0976. The third-order valence-electron chi connectivity index (χ3n) is 1.05. The van der Waals surface area contributed by atoms with E-state index in [2.05, 4.69) is 0 Å². The van der Waals surface area contributed by atoms with Crippen LogP contribution in [0.15, 0.2) is 18.2 Å². The van der Waals surface area contributed by atoms with Crippen molar-refractivity contribution in [2.24, 2.45) is 0 Å². The molecule has 0 radical (unpaired) electrons. The fraction of sp³-hybridized carbons (Fsp3) is 0. The first-order valence-corrected chi connectivity index (χ1v) is 3.67. The summed E-state index contributed by atoms with van der Waals surface area (Å²) in [6.07, 6.45) is 0. The Labute approximate surface area is 71.6 Å². The molecule has 0 fully saturated rings. The van der Waals surface area contributed by atoms with E-state index in [-0.39, 0.29) is 5.56 Å². The van der Waals surface area contributed by atoms with Gasteiger partial charge in [-0.3, -0.25) is 0 Å². The second-order valence-corrected chi connectivity index (χ2v) is 2.98. The molecule has 0 aliphatic carbocycles. The molecule has 0 aliphatic heterocycles. The molecule has 1 aromatic rings. The minimum atomic E-state index is -0.450. The number of nitriles is 1. The van der Waals surface area contributed by atoms with Crippen molar-refractivity contribution in [2.75, 3.05) is 0 Å². The third-order valence-corrected chi connectivity index (χ3v) is 1.72. The van der Waals surface area contributed by atoms with E-state index < -0.39 is 5.82 Å². The van der Waals surface area contributed by atoms with Crippen molar-refractivity contribution >= 4 is 22.6 Å². The number of nitrogens with zero attached hydrogens (tertiary/aromatic N) is 1. The van der Waals surface area contributed by atoms with E-state index in [9.17, 15) is 4.39 Å². The maximum absolute atomic E-state index is 12.6. The van der Waals surface area contributed by atoms with Gasteiger partial charge in [-0.05, 0) is 40.8 Å². The fourth-order valence-electron chi connectivity index (χ4n) is 0.580. The molecule has 0 atom stereocenters. The summed E-state index contributed by atoms with van der Waals surface area (Å²) in [6, 6.07) is 6.24. The molecule has 10 heavy (non-hydrogen) atoms. The highest BCUT2D eigenvalue weighted by Gasteiger charge is 1.98.